The van der Waals surface area contributed by atoms with E-state index in [1.54, 1.807) is 12.4 Å². The van der Waals surface area contributed by atoms with Crippen molar-refractivity contribution in [1.82, 2.24) is 15.3 Å². The lowest BCUT2D eigenvalue weighted by atomic mass is 9.87. The van der Waals surface area contributed by atoms with Crippen LogP contribution in [0, 0.1) is 6.92 Å². The molecule has 2 aliphatic rings. The predicted octanol–water partition coefficient (Wildman–Crippen LogP) is 0.685. The molecule has 3 rings (SSSR count). The van der Waals surface area contributed by atoms with E-state index < -0.39 is 0 Å². The van der Waals surface area contributed by atoms with E-state index in [1.807, 2.05) is 6.92 Å². The third-order valence-electron chi connectivity index (χ3n) is 3.36. The van der Waals surface area contributed by atoms with Gasteiger partial charge in [-0.3, -0.25) is 4.98 Å². The average molecular weight is 235 g/mol. The number of aromatic nitrogens is 2. The molecule has 2 saturated heterocycles. The van der Waals surface area contributed by atoms with E-state index in [4.69, 9.17) is 9.47 Å². The highest BCUT2D eigenvalue weighted by Crippen LogP contribution is 2.30. The minimum absolute atomic E-state index is 0.0141. The summed E-state index contributed by atoms with van der Waals surface area (Å²) in [6.45, 7) is 4.56. The Balaban J connectivity index is 1.65. The van der Waals surface area contributed by atoms with Crippen molar-refractivity contribution < 1.29 is 9.47 Å². The molecule has 0 amide bonds. The molecule has 5 nitrogen and oxygen atoms in total. The lowest BCUT2D eigenvalue weighted by Crippen LogP contribution is -2.64. The SMILES string of the molecule is Cc1cncc(O[C@H]2CCOC3(CNC3)C2)n1. The minimum Gasteiger partial charge on any atom is -0.473 e. The number of hydrogen-bond donors (Lipinski definition) is 1. The Morgan fingerprint density at radius 3 is 3.06 bits per heavy atom. The van der Waals surface area contributed by atoms with Crippen molar-refractivity contribution in [2.24, 2.45) is 0 Å². The molecule has 2 fully saturated rings. The summed E-state index contributed by atoms with van der Waals surface area (Å²) in [7, 11) is 0. The van der Waals surface area contributed by atoms with Crippen molar-refractivity contribution in [3.8, 4) is 5.88 Å². The van der Waals surface area contributed by atoms with Crippen LogP contribution in [0.15, 0.2) is 12.4 Å². The Bertz CT molecular complexity index is 406. The molecule has 0 aromatic carbocycles. The summed E-state index contributed by atoms with van der Waals surface area (Å²) in [5.41, 5.74) is 0.898. The molecule has 0 saturated carbocycles. The summed E-state index contributed by atoms with van der Waals surface area (Å²) in [5, 5.41) is 3.26. The second-order valence-corrected chi connectivity index (χ2v) is 4.87. The number of rotatable bonds is 2. The number of aryl methyl sites for hydroxylation is 1. The maximum Gasteiger partial charge on any atom is 0.232 e. The van der Waals surface area contributed by atoms with Gasteiger partial charge in [-0.15, -0.1) is 0 Å². The Hall–Kier alpha value is -1.20. The monoisotopic (exact) mass is 235 g/mol. The predicted molar refractivity (Wildman–Crippen MR) is 62.0 cm³/mol. The summed E-state index contributed by atoms with van der Waals surface area (Å²) in [4.78, 5) is 8.41. The molecule has 1 aromatic heterocycles. The fraction of sp³-hybridized carbons (Fsp3) is 0.667. The molecule has 17 heavy (non-hydrogen) atoms. The molecular weight excluding hydrogens is 218 g/mol. The second-order valence-electron chi connectivity index (χ2n) is 4.87. The number of nitrogens with zero attached hydrogens (tertiary/aromatic N) is 2. The van der Waals surface area contributed by atoms with E-state index in [1.165, 1.54) is 0 Å². The van der Waals surface area contributed by atoms with Crippen molar-refractivity contribution in [1.29, 1.82) is 0 Å². The molecule has 0 bridgehead atoms. The van der Waals surface area contributed by atoms with Gasteiger partial charge in [-0.2, -0.15) is 0 Å². The van der Waals surface area contributed by atoms with Gasteiger partial charge in [0.15, 0.2) is 0 Å². The van der Waals surface area contributed by atoms with Crippen LogP contribution in [0.3, 0.4) is 0 Å². The molecule has 1 atom stereocenters. The highest BCUT2D eigenvalue weighted by Gasteiger charge is 2.43. The summed E-state index contributed by atoms with van der Waals surface area (Å²) in [6.07, 6.45) is 5.47. The van der Waals surface area contributed by atoms with Gasteiger partial charge in [-0.25, -0.2) is 4.98 Å². The van der Waals surface area contributed by atoms with Crippen molar-refractivity contribution >= 4 is 0 Å². The number of nitrogens with one attached hydrogen (secondary N) is 1. The lowest BCUT2D eigenvalue weighted by molar-refractivity contribution is -0.138. The van der Waals surface area contributed by atoms with Gasteiger partial charge in [0.05, 0.1) is 24.1 Å². The van der Waals surface area contributed by atoms with Gasteiger partial charge in [-0.05, 0) is 6.92 Å². The van der Waals surface area contributed by atoms with E-state index in [-0.39, 0.29) is 11.7 Å². The van der Waals surface area contributed by atoms with Gasteiger partial charge >= 0.3 is 0 Å². The summed E-state index contributed by atoms with van der Waals surface area (Å²) in [6, 6.07) is 0. The molecular formula is C12H17N3O2. The molecule has 1 aromatic rings. The first-order valence-corrected chi connectivity index (χ1v) is 6.06. The van der Waals surface area contributed by atoms with Crippen LogP contribution in [0.2, 0.25) is 0 Å². The zero-order valence-corrected chi connectivity index (χ0v) is 9.98. The van der Waals surface area contributed by atoms with E-state index in [0.29, 0.717) is 5.88 Å². The van der Waals surface area contributed by atoms with Crippen LogP contribution in [-0.2, 0) is 4.74 Å². The molecule has 3 heterocycles. The average Bonchev–Trinajstić information content (AvgIpc) is 2.27. The first-order valence-electron chi connectivity index (χ1n) is 6.06. The Morgan fingerprint density at radius 2 is 2.35 bits per heavy atom. The minimum atomic E-state index is 0.0141. The van der Waals surface area contributed by atoms with Crippen LogP contribution in [0.5, 0.6) is 5.88 Å². The van der Waals surface area contributed by atoms with Crippen molar-refractivity contribution in [2.75, 3.05) is 19.7 Å². The molecule has 2 aliphatic heterocycles. The standard InChI is InChI=1S/C12H17N3O2/c1-9-5-13-6-11(15-9)17-10-2-3-16-12(4-10)7-14-8-12/h5-6,10,14H,2-4,7-8H2,1H3/t10-/m0/s1. The molecule has 0 radical (unpaired) electrons. The second kappa shape index (κ2) is 4.23. The largest absolute Gasteiger partial charge is 0.473 e. The van der Waals surface area contributed by atoms with Gasteiger partial charge < -0.3 is 14.8 Å². The zero-order valence-electron chi connectivity index (χ0n) is 9.98. The lowest BCUT2D eigenvalue weighted by Gasteiger charge is -2.47. The maximum atomic E-state index is 5.89. The number of ether oxygens (including phenoxy) is 2. The first kappa shape index (κ1) is 10.9. The molecule has 0 aliphatic carbocycles. The maximum absolute atomic E-state index is 5.89. The summed E-state index contributed by atoms with van der Waals surface area (Å²) in [5.74, 6) is 0.624. The zero-order chi connectivity index (χ0) is 11.7. The third-order valence-corrected chi connectivity index (χ3v) is 3.36. The van der Waals surface area contributed by atoms with Crippen LogP contribution >= 0.6 is 0 Å². The van der Waals surface area contributed by atoms with E-state index in [2.05, 4.69) is 15.3 Å². The van der Waals surface area contributed by atoms with Gasteiger partial charge in [0, 0.05) is 32.1 Å². The highest BCUT2D eigenvalue weighted by molar-refractivity contribution is 5.08. The fourth-order valence-corrected chi connectivity index (χ4v) is 2.40. The van der Waals surface area contributed by atoms with Gasteiger partial charge in [0.25, 0.3) is 0 Å². The van der Waals surface area contributed by atoms with E-state index in [9.17, 15) is 0 Å². The molecule has 92 valence electrons. The normalized spacial score (nSPS) is 26.5. The van der Waals surface area contributed by atoms with Crippen molar-refractivity contribution in [3.63, 3.8) is 0 Å². The topological polar surface area (TPSA) is 56.3 Å². The molecule has 0 unspecified atom stereocenters. The Labute approximate surface area is 101 Å². The summed E-state index contributed by atoms with van der Waals surface area (Å²) < 4.78 is 11.7. The number of hydrogen-bond acceptors (Lipinski definition) is 5. The van der Waals surface area contributed by atoms with E-state index >= 15 is 0 Å². The van der Waals surface area contributed by atoms with Gasteiger partial charge in [-0.1, -0.05) is 0 Å². The van der Waals surface area contributed by atoms with Crippen LogP contribution in [0.1, 0.15) is 18.5 Å². The first-order chi connectivity index (χ1) is 8.26. The molecule has 1 N–H and O–H groups in total. The highest BCUT2D eigenvalue weighted by atomic mass is 16.5. The van der Waals surface area contributed by atoms with Crippen LogP contribution < -0.4 is 10.1 Å². The van der Waals surface area contributed by atoms with Gasteiger partial charge in [0.1, 0.15) is 6.10 Å². The van der Waals surface area contributed by atoms with E-state index in [0.717, 1.165) is 38.2 Å². The fourth-order valence-electron chi connectivity index (χ4n) is 2.40. The third kappa shape index (κ3) is 2.25. The van der Waals surface area contributed by atoms with Crippen LogP contribution in [0.25, 0.3) is 0 Å². The molecule has 1 spiro atoms. The van der Waals surface area contributed by atoms with Crippen molar-refractivity contribution in [2.45, 2.75) is 31.5 Å². The summed E-state index contributed by atoms with van der Waals surface area (Å²) >= 11 is 0. The molecule has 5 heteroatoms. The van der Waals surface area contributed by atoms with Crippen LogP contribution in [-0.4, -0.2) is 41.4 Å². The Morgan fingerprint density at radius 1 is 1.47 bits per heavy atom. The Kier molecular flexibility index (Phi) is 2.72. The van der Waals surface area contributed by atoms with Crippen LogP contribution in [0.4, 0.5) is 0 Å². The van der Waals surface area contributed by atoms with Gasteiger partial charge in [0.2, 0.25) is 5.88 Å². The van der Waals surface area contributed by atoms with Crippen molar-refractivity contribution in [3.05, 3.63) is 18.1 Å². The smallest absolute Gasteiger partial charge is 0.232 e. The quantitative estimate of drug-likeness (QED) is 0.817.